The van der Waals surface area contributed by atoms with Crippen molar-refractivity contribution >= 4 is 32.6 Å². The minimum absolute atomic E-state index is 0.628. The maximum absolute atomic E-state index is 5.10. The SMILES string of the molecule is c1ccc(-c2ccc(-c3nc(-c4ccccc4)nc(-c4ccc(-n5c6cccc7c6c6c8c(cccc8cc(-c8ccccc8)c65)-c5ccccc5-7)cc4)n3)cc2)cc1. The first-order valence-corrected chi connectivity index (χ1v) is 20.0. The van der Waals surface area contributed by atoms with Crippen molar-refractivity contribution in [2.75, 3.05) is 0 Å². The summed E-state index contributed by atoms with van der Waals surface area (Å²) in [6.45, 7) is 0. The van der Waals surface area contributed by atoms with Crippen LogP contribution in [0.3, 0.4) is 0 Å². The van der Waals surface area contributed by atoms with E-state index >= 15 is 0 Å². The molecule has 4 heteroatoms. The monoisotopic (exact) mass is 750 g/mol. The quantitative estimate of drug-likeness (QED) is 0.170. The van der Waals surface area contributed by atoms with Crippen LogP contribution in [0.2, 0.25) is 0 Å². The highest BCUT2D eigenvalue weighted by atomic mass is 15.0. The van der Waals surface area contributed by atoms with Gasteiger partial charge in [0.05, 0.1) is 11.0 Å². The molecule has 59 heavy (non-hydrogen) atoms. The minimum Gasteiger partial charge on any atom is -0.309 e. The standard InChI is InChI=1S/C55H34N4/c1-4-14-35(15-5-1)36-26-28-39(29-27-36)54-56-53(38-18-8-3-9-19-38)57-55(58-54)40-30-32-42(33-31-40)59-48-25-13-24-46-44-22-11-10-21-43(44)45-23-12-20-41-34-47(37-16-6-2-7-17-37)52(59)51(49(41)45)50(46)48/h1-34H. The molecular weight excluding hydrogens is 717 g/mol. The van der Waals surface area contributed by atoms with E-state index in [1.54, 1.807) is 0 Å². The number of nitrogens with zero attached hydrogens (tertiary/aromatic N) is 4. The number of fused-ring (bicyclic) bond motifs is 3. The molecule has 0 aliphatic heterocycles. The van der Waals surface area contributed by atoms with E-state index in [0.29, 0.717) is 17.5 Å². The molecule has 274 valence electrons. The van der Waals surface area contributed by atoms with Crippen molar-refractivity contribution in [3.63, 3.8) is 0 Å². The summed E-state index contributed by atoms with van der Waals surface area (Å²) in [5, 5.41) is 5.10. The van der Waals surface area contributed by atoms with E-state index in [-0.39, 0.29) is 0 Å². The molecule has 2 heterocycles. The fraction of sp³-hybridized carbons (Fsp3) is 0. The Kier molecular flexibility index (Phi) is 7.50. The first-order chi connectivity index (χ1) is 29.3. The van der Waals surface area contributed by atoms with Gasteiger partial charge in [-0.2, -0.15) is 0 Å². The van der Waals surface area contributed by atoms with Crippen LogP contribution in [0.25, 0.3) is 117 Å². The van der Waals surface area contributed by atoms with E-state index in [2.05, 4.69) is 174 Å². The molecule has 9 aromatic carbocycles. The molecule has 0 radical (unpaired) electrons. The van der Waals surface area contributed by atoms with Gasteiger partial charge >= 0.3 is 0 Å². The van der Waals surface area contributed by atoms with Crippen LogP contribution in [0.15, 0.2) is 206 Å². The van der Waals surface area contributed by atoms with Crippen LogP contribution in [0.1, 0.15) is 0 Å². The summed E-state index contributed by atoms with van der Waals surface area (Å²) in [4.78, 5) is 15.2. The molecule has 0 saturated carbocycles. The lowest BCUT2D eigenvalue weighted by molar-refractivity contribution is 1.07. The van der Waals surface area contributed by atoms with E-state index in [0.717, 1.165) is 27.9 Å². The maximum Gasteiger partial charge on any atom is 0.164 e. The third-order valence-electron chi connectivity index (χ3n) is 11.8. The van der Waals surface area contributed by atoms with Gasteiger partial charge in [-0.3, -0.25) is 0 Å². The zero-order valence-corrected chi connectivity index (χ0v) is 31.9. The van der Waals surface area contributed by atoms with Crippen LogP contribution >= 0.6 is 0 Å². The number of rotatable bonds is 6. The number of hydrogen-bond acceptors (Lipinski definition) is 3. The van der Waals surface area contributed by atoms with Crippen molar-refractivity contribution in [2.45, 2.75) is 0 Å². The van der Waals surface area contributed by atoms with Crippen LogP contribution in [0.5, 0.6) is 0 Å². The Morgan fingerprint density at radius 3 is 1.34 bits per heavy atom. The van der Waals surface area contributed by atoms with Gasteiger partial charge in [0.15, 0.2) is 17.5 Å². The number of hydrogen-bond donors (Lipinski definition) is 0. The van der Waals surface area contributed by atoms with Gasteiger partial charge in [0, 0.05) is 38.7 Å². The summed E-state index contributed by atoms with van der Waals surface area (Å²) < 4.78 is 2.47. The molecular formula is C55H34N4. The molecule has 11 aromatic rings. The topological polar surface area (TPSA) is 43.6 Å². The molecule has 0 N–H and O–H groups in total. The molecule has 0 saturated heterocycles. The second kappa shape index (κ2) is 13.3. The van der Waals surface area contributed by atoms with E-state index in [1.165, 1.54) is 71.5 Å². The second-order valence-corrected chi connectivity index (χ2v) is 15.2. The summed E-state index contributed by atoms with van der Waals surface area (Å²) in [5.74, 6) is 1.91. The van der Waals surface area contributed by atoms with Crippen molar-refractivity contribution < 1.29 is 0 Å². The fourth-order valence-corrected chi connectivity index (χ4v) is 9.09. The largest absolute Gasteiger partial charge is 0.309 e. The van der Waals surface area contributed by atoms with Gasteiger partial charge in [0.1, 0.15) is 0 Å². The molecule has 0 amide bonds. The molecule has 0 spiro atoms. The minimum atomic E-state index is 0.628. The first kappa shape index (κ1) is 33.2. The van der Waals surface area contributed by atoms with Gasteiger partial charge in [0.25, 0.3) is 0 Å². The predicted octanol–water partition coefficient (Wildman–Crippen LogP) is 14.1. The maximum atomic E-state index is 5.10. The zero-order valence-electron chi connectivity index (χ0n) is 31.9. The van der Waals surface area contributed by atoms with Crippen molar-refractivity contribution in [1.82, 2.24) is 19.5 Å². The fourth-order valence-electron chi connectivity index (χ4n) is 9.09. The summed E-state index contributed by atoms with van der Waals surface area (Å²) >= 11 is 0. The average Bonchev–Trinajstić information content (AvgIpc) is 3.61. The summed E-state index contributed by atoms with van der Waals surface area (Å²) in [7, 11) is 0. The Bertz CT molecular complexity index is 3390. The number of benzene rings is 9. The van der Waals surface area contributed by atoms with Gasteiger partial charge in [0.2, 0.25) is 0 Å². The molecule has 2 aromatic heterocycles. The predicted molar refractivity (Wildman–Crippen MR) is 243 cm³/mol. The van der Waals surface area contributed by atoms with Crippen LogP contribution < -0.4 is 0 Å². The summed E-state index contributed by atoms with van der Waals surface area (Å²) in [5.41, 5.74) is 16.0. The number of aromatic nitrogens is 4. The molecule has 4 nitrogen and oxygen atoms in total. The highest BCUT2D eigenvalue weighted by Gasteiger charge is 2.27. The Morgan fingerprint density at radius 2 is 0.729 bits per heavy atom. The second-order valence-electron chi connectivity index (χ2n) is 15.2. The zero-order chi connectivity index (χ0) is 38.9. The third-order valence-corrected chi connectivity index (χ3v) is 11.8. The first-order valence-electron chi connectivity index (χ1n) is 20.0. The molecule has 0 fully saturated rings. The molecule has 1 aliphatic carbocycles. The van der Waals surface area contributed by atoms with Gasteiger partial charge in [-0.1, -0.05) is 170 Å². The van der Waals surface area contributed by atoms with Crippen LogP contribution in [-0.4, -0.2) is 19.5 Å². The van der Waals surface area contributed by atoms with E-state index in [4.69, 9.17) is 15.0 Å². The van der Waals surface area contributed by atoms with Crippen LogP contribution in [0, 0.1) is 0 Å². The molecule has 0 atom stereocenters. The van der Waals surface area contributed by atoms with Crippen LogP contribution in [-0.2, 0) is 0 Å². The average molecular weight is 751 g/mol. The Balaban J connectivity index is 1.06. The van der Waals surface area contributed by atoms with E-state index < -0.39 is 0 Å². The van der Waals surface area contributed by atoms with Crippen molar-refractivity contribution in [3.05, 3.63) is 206 Å². The van der Waals surface area contributed by atoms with E-state index in [1.807, 2.05) is 36.4 Å². The third kappa shape index (κ3) is 5.34. The van der Waals surface area contributed by atoms with Gasteiger partial charge in [-0.25, -0.2) is 15.0 Å². The molecule has 12 rings (SSSR count). The smallest absolute Gasteiger partial charge is 0.164 e. The van der Waals surface area contributed by atoms with Crippen molar-refractivity contribution in [1.29, 1.82) is 0 Å². The lowest BCUT2D eigenvalue weighted by Crippen LogP contribution is -2.01. The van der Waals surface area contributed by atoms with Gasteiger partial charge in [-0.15, -0.1) is 0 Å². The van der Waals surface area contributed by atoms with E-state index in [9.17, 15) is 0 Å². The van der Waals surface area contributed by atoms with Gasteiger partial charge < -0.3 is 4.57 Å². The highest BCUT2D eigenvalue weighted by molar-refractivity contribution is 6.32. The molecule has 0 unspecified atom stereocenters. The Hall–Kier alpha value is -7.95. The summed E-state index contributed by atoms with van der Waals surface area (Å²) in [6.07, 6.45) is 0. The van der Waals surface area contributed by atoms with Gasteiger partial charge in [-0.05, 0) is 86.1 Å². The van der Waals surface area contributed by atoms with Crippen molar-refractivity contribution in [3.8, 4) is 84.4 Å². The van der Waals surface area contributed by atoms with Crippen molar-refractivity contribution in [2.24, 2.45) is 0 Å². The van der Waals surface area contributed by atoms with Crippen LogP contribution in [0.4, 0.5) is 0 Å². The summed E-state index contributed by atoms with van der Waals surface area (Å²) in [6, 6.07) is 73.4. The normalized spacial score (nSPS) is 11.7. The highest BCUT2D eigenvalue weighted by Crippen LogP contribution is 2.51. The molecule has 1 aliphatic rings. The Morgan fingerprint density at radius 1 is 0.288 bits per heavy atom. The lowest BCUT2D eigenvalue weighted by atomic mass is 9.91. The Labute approximate surface area is 341 Å². The lowest BCUT2D eigenvalue weighted by Gasteiger charge is -2.16. The molecule has 0 bridgehead atoms.